The van der Waals surface area contributed by atoms with Crippen molar-refractivity contribution in [1.29, 1.82) is 0 Å². The predicted molar refractivity (Wildman–Crippen MR) is 44.9 cm³/mol. The van der Waals surface area contributed by atoms with E-state index in [1.54, 1.807) is 0 Å². The van der Waals surface area contributed by atoms with Gasteiger partial charge in [-0.25, -0.2) is 0 Å². The van der Waals surface area contributed by atoms with Gasteiger partial charge >= 0.3 is 13.2 Å². The summed E-state index contributed by atoms with van der Waals surface area (Å²) < 4.78 is 73.2. The molecular formula is C8H6BF6-. The molecule has 0 aliphatic carbocycles. The summed E-state index contributed by atoms with van der Waals surface area (Å²) in [4.78, 5) is 0. The van der Waals surface area contributed by atoms with Crippen LogP contribution in [0.1, 0.15) is 11.1 Å². The molecule has 15 heavy (non-hydrogen) atoms. The first kappa shape index (κ1) is 11.9. The second-order valence-electron chi connectivity index (χ2n) is 3.20. The molecule has 1 aromatic carbocycles. The Kier molecular flexibility index (Phi) is 2.76. The fourth-order valence-corrected chi connectivity index (χ4v) is 1.17. The molecule has 0 radical (unpaired) electrons. The fraction of sp³-hybridized carbons (Fsp3) is 0.250. The Labute approximate surface area is 82.0 Å². The number of hydrogen-bond donors (Lipinski definition) is 0. The molecule has 0 atom stereocenters. The fourth-order valence-electron chi connectivity index (χ4n) is 1.17. The van der Waals surface area contributed by atoms with E-state index >= 15 is 0 Å². The molecule has 0 unspecified atom stereocenters. The minimum atomic E-state index is -5.40. The van der Waals surface area contributed by atoms with Gasteiger partial charge in [0.2, 0.25) is 0 Å². The van der Waals surface area contributed by atoms with Crippen molar-refractivity contribution in [2.24, 2.45) is 0 Å². The van der Waals surface area contributed by atoms with Crippen molar-refractivity contribution in [1.82, 2.24) is 0 Å². The van der Waals surface area contributed by atoms with E-state index in [2.05, 4.69) is 0 Å². The molecule has 0 fully saturated rings. The van der Waals surface area contributed by atoms with E-state index in [0.717, 1.165) is 0 Å². The summed E-state index contributed by atoms with van der Waals surface area (Å²) >= 11 is 0. The summed E-state index contributed by atoms with van der Waals surface area (Å²) in [5.74, 6) is 0. The molecule has 0 aromatic heterocycles. The molecule has 0 aliphatic rings. The minimum Gasteiger partial charge on any atom is -0.445 e. The van der Waals surface area contributed by atoms with Crippen LogP contribution in [-0.2, 0) is 6.18 Å². The van der Waals surface area contributed by atoms with E-state index in [0.29, 0.717) is 12.1 Å². The van der Waals surface area contributed by atoms with Crippen molar-refractivity contribution in [2.45, 2.75) is 13.1 Å². The lowest BCUT2D eigenvalue weighted by atomic mass is 9.78. The maximum Gasteiger partial charge on any atom is 0.509 e. The van der Waals surface area contributed by atoms with Gasteiger partial charge in [0.05, 0.1) is 5.56 Å². The van der Waals surface area contributed by atoms with Crippen LogP contribution in [0.25, 0.3) is 0 Å². The first-order valence-electron chi connectivity index (χ1n) is 3.99. The zero-order valence-corrected chi connectivity index (χ0v) is 7.58. The van der Waals surface area contributed by atoms with Gasteiger partial charge in [-0.05, 0) is 13.0 Å². The molecule has 0 heterocycles. The van der Waals surface area contributed by atoms with Gasteiger partial charge in [-0.1, -0.05) is 17.7 Å². The highest BCUT2D eigenvalue weighted by Gasteiger charge is 2.33. The van der Waals surface area contributed by atoms with Crippen LogP contribution < -0.4 is 5.46 Å². The molecule has 84 valence electrons. The van der Waals surface area contributed by atoms with Gasteiger partial charge < -0.3 is 12.9 Å². The third kappa shape index (κ3) is 2.90. The Balaban J connectivity index is 3.30. The van der Waals surface area contributed by atoms with E-state index in [4.69, 9.17) is 0 Å². The first-order valence-corrected chi connectivity index (χ1v) is 3.99. The van der Waals surface area contributed by atoms with Crippen LogP contribution in [0.2, 0.25) is 0 Å². The van der Waals surface area contributed by atoms with Crippen LogP contribution in [0.3, 0.4) is 0 Å². The lowest BCUT2D eigenvalue weighted by molar-refractivity contribution is -0.137. The number of aryl methyl sites for hydroxylation is 1. The number of halogens is 6. The second kappa shape index (κ2) is 3.46. The molecule has 0 N–H and O–H groups in total. The number of rotatable bonds is 1. The summed E-state index contributed by atoms with van der Waals surface area (Å²) in [7, 11) is 0. The summed E-state index contributed by atoms with van der Waals surface area (Å²) in [5, 5.41) is 0. The van der Waals surface area contributed by atoms with Crippen LogP contribution in [0.5, 0.6) is 0 Å². The lowest BCUT2D eigenvalue weighted by Crippen LogP contribution is -2.35. The van der Waals surface area contributed by atoms with Gasteiger partial charge in [-0.3, -0.25) is 0 Å². The Morgan fingerprint density at radius 1 is 1.00 bits per heavy atom. The molecule has 0 nitrogen and oxygen atoms in total. The lowest BCUT2D eigenvalue weighted by Gasteiger charge is -2.18. The first-order chi connectivity index (χ1) is 6.60. The topological polar surface area (TPSA) is 0 Å². The third-order valence-corrected chi connectivity index (χ3v) is 1.80. The second-order valence-corrected chi connectivity index (χ2v) is 3.20. The summed E-state index contributed by atoms with van der Waals surface area (Å²) in [6.07, 6.45) is -4.75. The van der Waals surface area contributed by atoms with Gasteiger partial charge in [-0.2, -0.15) is 13.2 Å². The number of benzene rings is 1. The van der Waals surface area contributed by atoms with E-state index in [1.807, 2.05) is 0 Å². The summed E-state index contributed by atoms with van der Waals surface area (Å²) in [5.41, 5.74) is -2.54. The molecule has 7 heteroatoms. The average Bonchev–Trinajstić information content (AvgIpc) is 1.99. The molecule has 0 bridgehead atoms. The molecule has 1 rings (SSSR count). The van der Waals surface area contributed by atoms with Crippen LogP contribution >= 0.6 is 0 Å². The Morgan fingerprint density at radius 2 is 1.53 bits per heavy atom. The average molecular weight is 227 g/mol. The van der Waals surface area contributed by atoms with Crippen LogP contribution in [0.4, 0.5) is 26.1 Å². The van der Waals surface area contributed by atoms with Crippen LogP contribution in [0, 0.1) is 6.92 Å². The van der Waals surface area contributed by atoms with Gasteiger partial charge in [-0.15, -0.1) is 5.46 Å². The summed E-state index contributed by atoms with van der Waals surface area (Å²) in [6.45, 7) is -4.20. The van der Waals surface area contributed by atoms with Crippen molar-refractivity contribution in [3.63, 3.8) is 0 Å². The highest BCUT2D eigenvalue weighted by atomic mass is 19.4. The minimum absolute atomic E-state index is 0.0565. The highest BCUT2D eigenvalue weighted by molar-refractivity contribution is 6.73. The monoisotopic (exact) mass is 227 g/mol. The quantitative estimate of drug-likeness (QED) is 0.510. The Bertz CT molecular complexity index is 332. The van der Waals surface area contributed by atoms with Crippen LogP contribution in [-0.4, -0.2) is 6.98 Å². The van der Waals surface area contributed by atoms with E-state index in [-0.39, 0.29) is 11.6 Å². The summed E-state index contributed by atoms with van der Waals surface area (Å²) in [6, 6.07) is 1.52. The molecule has 0 saturated heterocycles. The third-order valence-electron chi connectivity index (χ3n) is 1.80. The van der Waals surface area contributed by atoms with Crippen molar-refractivity contribution in [3.8, 4) is 0 Å². The maximum atomic E-state index is 12.2. The van der Waals surface area contributed by atoms with Crippen molar-refractivity contribution in [3.05, 3.63) is 29.3 Å². The Morgan fingerprint density at radius 3 is 1.93 bits per heavy atom. The number of alkyl halides is 3. The normalized spacial score (nSPS) is 13.0. The van der Waals surface area contributed by atoms with Crippen molar-refractivity contribution >= 4 is 12.4 Å². The molecule has 1 aromatic rings. The maximum absolute atomic E-state index is 12.2. The molecule has 0 amide bonds. The standard InChI is InChI=1S/C8H6BF6/c1-5-2-6(8(10,11)12)4-7(3-5)9(13,14)15/h2-4H,1H3/q-1. The Hall–Kier alpha value is -1.14. The molecule has 0 aliphatic heterocycles. The van der Waals surface area contributed by atoms with E-state index < -0.39 is 24.2 Å². The van der Waals surface area contributed by atoms with Crippen molar-refractivity contribution in [2.75, 3.05) is 0 Å². The SMILES string of the molecule is Cc1cc([B-](F)(F)F)cc(C(F)(F)F)c1. The smallest absolute Gasteiger partial charge is 0.445 e. The van der Waals surface area contributed by atoms with Gasteiger partial charge in [0.1, 0.15) is 0 Å². The van der Waals surface area contributed by atoms with Crippen LogP contribution in [0.15, 0.2) is 18.2 Å². The number of hydrogen-bond acceptors (Lipinski definition) is 0. The molecule has 0 spiro atoms. The van der Waals surface area contributed by atoms with E-state index in [9.17, 15) is 26.1 Å². The van der Waals surface area contributed by atoms with Crippen molar-refractivity contribution < 1.29 is 26.1 Å². The van der Waals surface area contributed by atoms with Gasteiger partial charge in [0, 0.05) is 0 Å². The predicted octanol–water partition coefficient (Wildman–Crippen LogP) is 3.07. The molecule has 0 saturated carbocycles. The highest BCUT2D eigenvalue weighted by Crippen LogP contribution is 2.29. The molecular weight excluding hydrogens is 221 g/mol. The van der Waals surface area contributed by atoms with E-state index in [1.165, 1.54) is 6.92 Å². The van der Waals surface area contributed by atoms with Gasteiger partial charge in [0.25, 0.3) is 0 Å². The van der Waals surface area contributed by atoms with Gasteiger partial charge in [0.15, 0.2) is 0 Å². The largest absolute Gasteiger partial charge is 0.509 e. The zero-order valence-electron chi connectivity index (χ0n) is 7.58. The zero-order chi connectivity index (χ0) is 11.9.